The molecule has 0 atom stereocenters. The minimum Gasteiger partial charge on any atom is -0.434 e. The molecule has 0 fully saturated rings. The number of aryl methyl sites for hydroxylation is 1. The van der Waals surface area contributed by atoms with E-state index in [0.29, 0.717) is 12.4 Å². The second kappa shape index (κ2) is 4.82. The fraction of sp³-hybridized carbons (Fsp3) is 0.231. The summed E-state index contributed by atoms with van der Waals surface area (Å²) in [6.45, 7) is 3.94. The number of pyridine rings is 1. The maximum Gasteiger partial charge on any atom is 0.513 e. The molecular formula is C13H13NO3. The zero-order valence-electron chi connectivity index (χ0n) is 9.77. The highest BCUT2D eigenvalue weighted by atomic mass is 16.7. The summed E-state index contributed by atoms with van der Waals surface area (Å²) in [4.78, 5) is 15.4. The molecule has 88 valence electrons. The summed E-state index contributed by atoms with van der Waals surface area (Å²) in [5.41, 5.74) is 0.900. The highest BCUT2D eigenvalue weighted by Crippen LogP contribution is 2.22. The molecule has 0 unspecified atom stereocenters. The van der Waals surface area contributed by atoms with Crippen molar-refractivity contribution >= 4 is 16.9 Å². The van der Waals surface area contributed by atoms with Crippen LogP contribution in [0.4, 0.5) is 4.79 Å². The molecule has 0 amide bonds. The molecule has 2 aromatic rings. The molecule has 0 radical (unpaired) electrons. The van der Waals surface area contributed by atoms with Crippen LogP contribution in [0, 0.1) is 6.92 Å². The van der Waals surface area contributed by atoms with Gasteiger partial charge in [0.15, 0.2) is 0 Å². The van der Waals surface area contributed by atoms with Crippen molar-refractivity contribution in [2.45, 2.75) is 13.8 Å². The molecular weight excluding hydrogens is 218 g/mol. The summed E-state index contributed by atoms with van der Waals surface area (Å²) < 4.78 is 9.74. The molecule has 0 N–H and O–H groups in total. The lowest BCUT2D eigenvalue weighted by Crippen LogP contribution is -2.09. The lowest BCUT2D eigenvalue weighted by atomic mass is 10.1. The second-order valence-electron chi connectivity index (χ2n) is 3.56. The molecule has 1 heterocycles. The Bertz CT molecular complexity index is 551. The van der Waals surface area contributed by atoms with E-state index in [1.807, 2.05) is 19.1 Å². The summed E-state index contributed by atoms with van der Waals surface area (Å²) in [7, 11) is 0. The molecule has 0 aliphatic rings. The third kappa shape index (κ3) is 2.53. The molecule has 17 heavy (non-hydrogen) atoms. The van der Waals surface area contributed by atoms with Gasteiger partial charge in [0.25, 0.3) is 0 Å². The van der Waals surface area contributed by atoms with Gasteiger partial charge in [-0.2, -0.15) is 0 Å². The van der Waals surface area contributed by atoms with E-state index in [9.17, 15) is 4.79 Å². The molecule has 1 aromatic carbocycles. The van der Waals surface area contributed by atoms with Crippen LogP contribution < -0.4 is 4.74 Å². The smallest absolute Gasteiger partial charge is 0.434 e. The van der Waals surface area contributed by atoms with Crippen molar-refractivity contribution in [3.63, 3.8) is 0 Å². The summed E-state index contributed by atoms with van der Waals surface area (Å²) in [6, 6.07) is 7.32. The number of ether oxygens (including phenoxy) is 2. The van der Waals surface area contributed by atoms with Crippen LogP contribution >= 0.6 is 0 Å². The number of carbonyl (C=O) groups excluding carboxylic acids is 1. The van der Waals surface area contributed by atoms with E-state index >= 15 is 0 Å². The largest absolute Gasteiger partial charge is 0.513 e. The van der Waals surface area contributed by atoms with E-state index in [1.54, 1.807) is 25.3 Å². The first-order chi connectivity index (χ1) is 8.20. The van der Waals surface area contributed by atoms with Crippen molar-refractivity contribution in [1.29, 1.82) is 0 Å². The van der Waals surface area contributed by atoms with Gasteiger partial charge < -0.3 is 9.47 Å². The van der Waals surface area contributed by atoms with Gasteiger partial charge in [0.1, 0.15) is 5.75 Å². The van der Waals surface area contributed by atoms with E-state index < -0.39 is 6.16 Å². The molecule has 4 nitrogen and oxygen atoms in total. The van der Waals surface area contributed by atoms with Gasteiger partial charge in [0.2, 0.25) is 0 Å². The lowest BCUT2D eigenvalue weighted by molar-refractivity contribution is 0.104. The average Bonchev–Trinajstić information content (AvgIpc) is 2.30. The Morgan fingerprint density at radius 3 is 2.94 bits per heavy atom. The van der Waals surface area contributed by atoms with Crippen LogP contribution in [0.25, 0.3) is 10.8 Å². The molecule has 0 aliphatic heterocycles. The number of carbonyl (C=O) groups is 1. The fourth-order valence-electron chi connectivity index (χ4n) is 1.60. The molecule has 0 saturated carbocycles. The number of rotatable bonds is 2. The van der Waals surface area contributed by atoms with Crippen molar-refractivity contribution in [3.05, 3.63) is 36.2 Å². The van der Waals surface area contributed by atoms with Crippen LogP contribution in [-0.2, 0) is 4.74 Å². The van der Waals surface area contributed by atoms with Crippen molar-refractivity contribution in [1.82, 2.24) is 4.98 Å². The van der Waals surface area contributed by atoms with E-state index in [-0.39, 0.29) is 0 Å². The maximum atomic E-state index is 11.2. The van der Waals surface area contributed by atoms with Gasteiger partial charge in [0, 0.05) is 17.3 Å². The SMILES string of the molecule is CCOC(=O)Oc1ccc2ccnc(C)c2c1. The monoisotopic (exact) mass is 231 g/mol. The van der Waals surface area contributed by atoms with E-state index in [1.165, 1.54) is 0 Å². The number of benzene rings is 1. The normalized spacial score (nSPS) is 10.2. The van der Waals surface area contributed by atoms with E-state index in [2.05, 4.69) is 4.98 Å². The minimum atomic E-state index is -0.687. The highest BCUT2D eigenvalue weighted by molar-refractivity contribution is 5.86. The molecule has 0 saturated heterocycles. The zero-order valence-corrected chi connectivity index (χ0v) is 9.77. The summed E-state index contributed by atoms with van der Waals surface area (Å²) >= 11 is 0. The molecule has 0 spiro atoms. The van der Waals surface area contributed by atoms with Gasteiger partial charge in [-0.25, -0.2) is 4.79 Å². The first-order valence-electron chi connectivity index (χ1n) is 5.40. The van der Waals surface area contributed by atoms with Gasteiger partial charge in [-0.1, -0.05) is 6.07 Å². The molecule has 2 rings (SSSR count). The Balaban J connectivity index is 2.31. The Morgan fingerprint density at radius 2 is 2.18 bits per heavy atom. The average molecular weight is 231 g/mol. The van der Waals surface area contributed by atoms with Gasteiger partial charge in [-0.05, 0) is 37.4 Å². The summed E-state index contributed by atoms with van der Waals surface area (Å²) in [6.07, 6.45) is 1.07. The topological polar surface area (TPSA) is 48.4 Å². The van der Waals surface area contributed by atoms with Crippen LogP contribution in [-0.4, -0.2) is 17.7 Å². The van der Waals surface area contributed by atoms with Crippen LogP contribution in [0.15, 0.2) is 30.5 Å². The van der Waals surface area contributed by atoms with Crippen LogP contribution in [0.1, 0.15) is 12.6 Å². The first-order valence-corrected chi connectivity index (χ1v) is 5.40. The maximum absolute atomic E-state index is 11.2. The number of hydrogen-bond donors (Lipinski definition) is 0. The van der Waals surface area contributed by atoms with Crippen molar-refractivity contribution in [2.24, 2.45) is 0 Å². The van der Waals surface area contributed by atoms with Crippen LogP contribution in [0.2, 0.25) is 0 Å². The predicted octanol–water partition coefficient (Wildman–Crippen LogP) is 3.08. The number of nitrogens with zero attached hydrogens (tertiary/aromatic N) is 1. The second-order valence-corrected chi connectivity index (χ2v) is 3.56. The third-order valence-corrected chi connectivity index (χ3v) is 2.40. The van der Waals surface area contributed by atoms with Crippen LogP contribution in [0.3, 0.4) is 0 Å². The minimum absolute atomic E-state index is 0.299. The summed E-state index contributed by atoms with van der Waals surface area (Å²) in [5, 5.41) is 2.03. The zero-order chi connectivity index (χ0) is 12.3. The first kappa shape index (κ1) is 11.4. The number of aromatic nitrogens is 1. The summed E-state index contributed by atoms with van der Waals surface area (Å²) in [5.74, 6) is 0.465. The predicted molar refractivity (Wildman–Crippen MR) is 64.1 cm³/mol. The third-order valence-electron chi connectivity index (χ3n) is 2.40. The number of fused-ring (bicyclic) bond motifs is 1. The van der Waals surface area contributed by atoms with Gasteiger partial charge in [-0.3, -0.25) is 4.98 Å². The van der Waals surface area contributed by atoms with Gasteiger partial charge >= 0.3 is 6.16 Å². The Kier molecular flexibility index (Phi) is 3.23. The molecule has 0 bridgehead atoms. The quantitative estimate of drug-likeness (QED) is 0.588. The molecule has 1 aromatic heterocycles. The highest BCUT2D eigenvalue weighted by Gasteiger charge is 2.06. The molecule has 4 heteroatoms. The Morgan fingerprint density at radius 1 is 1.35 bits per heavy atom. The van der Waals surface area contributed by atoms with E-state index in [4.69, 9.17) is 9.47 Å². The lowest BCUT2D eigenvalue weighted by Gasteiger charge is -2.06. The molecule has 0 aliphatic carbocycles. The van der Waals surface area contributed by atoms with Gasteiger partial charge in [-0.15, -0.1) is 0 Å². The van der Waals surface area contributed by atoms with Gasteiger partial charge in [0.05, 0.1) is 6.61 Å². The number of hydrogen-bond acceptors (Lipinski definition) is 4. The fourth-order valence-corrected chi connectivity index (χ4v) is 1.60. The van der Waals surface area contributed by atoms with Crippen molar-refractivity contribution < 1.29 is 14.3 Å². The van der Waals surface area contributed by atoms with Crippen molar-refractivity contribution in [2.75, 3.05) is 6.61 Å². The van der Waals surface area contributed by atoms with E-state index in [0.717, 1.165) is 16.5 Å². The Hall–Kier alpha value is -2.10. The van der Waals surface area contributed by atoms with Crippen molar-refractivity contribution in [3.8, 4) is 5.75 Å². The standard InChI is InChI=1S/C13H13NO3/c1-3-16-13(15)17-11-5-4-10-6-7-14-9(2)12(10)8-11/h4-8H,3H2,1-2H3. The Labute approximate surface area is 99.2 Å². The van der Waals surface area contributed by atoms with Crippen LogP contribution in [0.5, 0.6) is 5.75 Å².